The van der Waals surface area contributed by atoms with Gasteiger partial charge >= 0.3 is 6.03 Å². The maximum atomic E-state index is 14.3. The normalized spacial score (nSPS) is 20.1. The molecule has 2 rings (SSSR count). The van der Waals surface area contributed by atoms with Crippen LogP contribution in [0.15, 0.2) is 18.2 Å². The van der Waals surface area contributed by atoms with Gasteiger partial charge in [0.15, 0.2) is 0 Å². The first-order valence-electron chi connectivity index (χ1n) is 8.97. The Balaban J connectivity index is 2.13. The van der Waals surface area contributed by atoms with E-state index in [4.69, 9.17) is 0 Å². The van der Waals surface area contributed by atoms with Crippen molar-refractivity contribution in [2.24, 2.45) is 0 Å². The SMILES string of the molecule is CC[C@H]1S[C@@H](c2ccc(F)cc2F)N(CCN(C)C(=O)NC(C)(C)C)C1=O. The number of rotatable bonds is 5. The molecular weight excluding hydrogens is 372 g/mol. The van der Waals surface area contributed by atoms with Crippen LogP contribution in [-0.4, -0.2) is 52.7 Å². The summed E-state index contributed by atoms with van der Waals surface area (Å²) >= 11 is 1.36. The Labute approximate surface area is 163 Å². The maximum Gasteiger partial charge on any atom is 0.317 e. The number of nitrogens with zero attached hydrogens (tertiary/aromatic N) is 2. The third kappa shape index (κ3) is 5.34. The van der Waals surface area contributed by atoms with E-state index in [1.54, 1.807) is 11.9 Å². The molecule has 1 heterocycles. The second-order valence-electron chi connectivity index (χ2n) is 7.68. The van der Waals surface area contributed by atoms with Crippen molar-refractivity contribution in [3.8, 4) is 0 Å². The van der Waals surface area contributed by atoms with E-state index in [1.165, 1.54) is 28.8 Å². The van der Waals surface area contributed by atoms with Crippen LogP contribution < -0.4 is 5.32 Å². The molecule has 0 unspecified atom stereocenters. The molecule has 1 saturated heterocycles. The van der Waals surface area contributed by atoms with Crippen LogP contribution in [0.3, 0.4) is 0 Å². The van der Waals surface area contributed by atoms with Gasteiger partial charge in [0.2, 0.25) is 5.91 Å². The lowest BCUT2D eigenvalue weighted by atomic mass is 10.1. The fraction of sp³-hybridized carbons (Fsp3) is 0.579. The van der Waals surface area contributed by atoms with Crippen molar-refractivity contribution in [2.45, 2.75) is 50.3 Å². The molecule has 1 aliphatic heterocycles. The minimum absolute atomic E-state index is 0.0825. The van der Waals surface area contributed by atoms with Crippen LogP contribution in [0.25, 0.3) is 0 Å². The van der Waals surface area contributed by atoms with Gasteiger partial charge in [0.25, 0.3) is 0 Å². The molecule has 150 valence electrons. The predicted octanol–water partition coefficient (Wildman–Crippen LogP) is 3.76. The molecule has 0 bridgehead atoms. The fourth-order valence-corrected chi connectivity index (χ4v) is 4.25. The van der Waals surface area contributed by atoms with Gasteiger partial charge in [-0.05, 0) is 33.3 Å². The summed E-state index contributed by atoms with van der Waals surface area (Å²) in [6.07, 6.45) is 0.625. The number of benzene rings is 1. The average molecular weight is 400 g/mol. The molecule has 0 radical (unpaired) electrons. The summed E-state index contributed by atoms with van der Waals surface area (Å²) in [5.41, 5.74) is -0.0786. The van der Waals surface area contributed by atoms with E-state index >= 15 is 0 Å². The van der Waals surface area contributed by atoms with Crippen LogP contribution in [0.5, 0.6) is 0 Å². The molecule has 0 spiro atoms. The lowest BCUT2D eigenvalue weighted by Crippen LogP contribution is -2.49. The number of likely N-dealkylation sites (N-methyl/N-ethyl adjacent to an activating group) is 1. The molecule has 0 saturated carbocycles. The zero-order valence-electron chi connectivity index (χ0n) is 16.4. The Kier molecular flexibility index (Phi) is 6.72. The summed E-state index contributed by atoms with van der Waals surface area (Å²) in [5.74, 6) is -1.40. The van der Waals surface area contributed by atoms with E-state index < -0.39 is 17.0 Å². The lowest BCUT2D eigenvalue weighted by Gasteiger charge is -2.29. The number of halogens is 2. The van der Waals surface area contributed by atoms with Gasteiger partial charge in [-0.25, -0.2) is 13.6 Å². The Morgan fingerprint density at radius 2 is 2.00 bits per heavy atom. The van der Waals surface area contributed by atoms with Gasteiger partial charge < -0.3 is 15.1 Å². The van der Waals surface area contributed by atoms with Gasteiger partial charge in [0, 0.05) is 37.3 Å². The number of carbonyl (C=O) groups excluding carboxylic acids is 2. The van der Waals surface area contributed by atoms with Crippen molar-refractivity contribution in [3.63, 3.8) is 0 Å². The standard InChI is InChI=1S/C19H27F2N3O2S/c1-6-15-16(25)24(10-9-23(5)18(26)22-19(2,3)4)17(27-15)13-8-7-12(20)11-14(13)21/h7-8,11,15,17H,6,9-10H2,1-5H3,(H,22,26)/t15-,17+/m1/s1. The molecule has 5 nitrogen and oxygen atoms in total. The van der Waals surface area contributed by atoms with E-state index in [1.807, 2.05) is 27.7 Å². The molecule has 0 aromatic heterocycles. The van der Waals surface area contributed by atoms with Crippen molar-refractivity contribution in [1.29, 1.82) is 0 Å². The minimum Gasteiger partial charge on any atom is -0.333 e. The smallest absolute Gasteiger partial charge is 0.317 e. The second-order valence-corrected chi connectivity index (χ2v) is 8.97. The number of nitrogens with one attached hydrogen (secondary N) is 1. The van der Waals surface area contributed by atoms with E-state index in [9.17, 15) is 18.4 Å². The summed E-state index contributed by atoms with van der Waals surface area (Å²) in [6.45, 7) is 8.15. The van der Waals surface area contributed by atoms with E-state index in [-0.39, 0.29) is 34.8 Å². The molecule has 3 amide bonds. The summed E-state index contributed by atoms with van der Waals surface area (Å²) < 4.78 is 27.5. The second kappa shape index (κ2) is 8.46. The van der Waals surface area contributed by atoms with Gasteiger partial charge in [-0.3, -0.25) is 4.79 Å². The summed E-state index contributed by atoms with van der Waals surface area (Å²) in [4.78, 5) is 28.0. The Hall–Kier alpha value is -1.83. The Bertz CT molecular complexity index is 709. The van der Waals surface area contributed by atoms with Crippen LogP contribution in [0.1, 0.15) is 45.1 Å². The number of hydrogen-bond acceptors (Lipinski definition) is 3. The van der Waals surface area contributed by atoms with Crippen molar-refractivity contribution in [2.75, 3.05) is 20.1 Å². The van der Waals surface area contributed by atoms with Gasteiger partial charge in [0.05, 0.1) is 5.25 Å². The topological polar surface area (TPSA) is 52.6 Å². The average Bonchev–Trinajstić information content (AvgIpc) is 2.86. The molecule has 0 aliphatic carbocycles. The monoisotopic (exact) mass is 399 g/mol. The molecular formula is C19H27F2N3O2S. The highest BCUT2D eigenvalue weighted by Crippen LogP contribution is 2.44. The van der Waals surface area contributed by atoms with E-state index in [0.717, 1.165) is 6.07 Å². The van der Waals surface area contributed by atoms with Crippen LogP contribution in [0.2, 0.25) is 0 Å². The van der Waals surface area contributed by atoms with Crippen molar-refractivity contribution in [1.82, 2.24) is 15.1 Å². The predicted molar refractivity (Wildman–Crippen MR) is 103 cm³/mol. The Morgan fingerprint density at radius 3 is 2.56 bits per heavy atom. The first-order valence-corrected chi connectivity index (χ1v) is 9.92. The van der Waals surface area contributed by atoms with Gasteiger partial charge in [-0.1, -0.05) is 13.0 Å². The summed E-state index contributed by atoms with van der Waals surface area (Å²) in [5, 5.41) is 2.06. The van der Waals surface area contributed by atoms with Gasteiger partial charge in [-0.2, -0.15) is 0 Å². The molecule has 27 heavy (non-hydrogen) atoms. The van der Waals surface area contributed by atoms with Gasteiger partial charge in [0.1, 0.15) is 17.0 Å². The van der Waals surface area contributed by atoms with E-state index in [2.05, 4.69) is 5.32 Å². The molecule has 1 aliphatic rings. The van der Waals surface area contributed by atoms with Crippen LogP contribution >= 0.6 is 11.8 Å². The molecule has 8 heteroatoms. The first-order chi connectivity index (χ1) is 12.5. The number of urea groups is 1. The minimum atomic E-state index is -0.666. The third-order valence-corrected chi connectivity index (χ3v) is 5.87. The number of amides is 3. The highest BCUT2D eigenvalue weighted by Gasteiger charge is 2.41. The van der Waals surface area contributed by atoms with Crippen molar-refractivity contribution < 1.29 is 18.4 Å². The first kappa shape index (κ1) is 21.5. The van der Waals surface area contributed by atoms with Crippen LogP contribution in [-0.2, 0) is 4.79 Å². The molecule has 1 N–H and O–H groups in total. The van der Waals surface area contributed by atoms with Crippen LogP contribution in [0.4, 0.5) is 13.6 Å². The summed E-state index contributed by atoms with van der Waals surface area (Å²) in [6, 6.07) is 3.18. The van der Waals surface area contributed by atoms with Crippen molar-refractivity contribution in [3.05, 3.63) is 35.4 Å². The van der Waals surface area contributed by atoms with E-state index in [0.29, 0.717) is 13.0 Å². The molecule has 2 atom stereocenters. The zero-order chi connectivity index (χ0) is 20.4. The largest absolute Gasteiger partial charge is 0.333 e. The van der Waals surface area contributed by atoms with Crippen LogP contribution in [0, 0.1) is 11.6 Å². The number of hydrogen-bond donors (Lipinski definition) is 1. The van der Waals surface area contributed by atoms with Crippen molar-refractivity contribution >= 4 is 23.7 Å². The number of carbonyl (C=O) groups is 2. The molecule has 1 fully saturated rings. The highest BCUT2D eigenvalue weighted by molar-refractivity contribution is 8.01. The number of thioether (sulfide) groups is 1. The molecule has 1 aromatic carbocycles. The zero-order valence-corrected chi connectivity index (χ0v) is 17.2. The lowest BCUT2D eigenvalue weighted by molar-refractivity contribution is -0.130. The third-order valence-electron chi connectivity index (χ3n) is 4.24. The highest BCUT2D eigenvalue weighted by atomic mass is 32.2. The Morgan fingerprint density at radius 1 is 1.33 bits per heavy atom. The van der Waals surface area contributed by atoms with Gasteiger partial charge in [-0.15, -0.1) is 11.8 Å². The maximum absolute atomic E-state index is 14.3. The molecule has 1 aromatic rings. The fourth-order valence-electron chi connectivity index (χ4n) is 2.80. The quantitative estimate of drug-likeness (QED) is 0.820. The summed E-state index contributed by atoms with van der Waals surface area (Å²) in [7, 11) is 1.65.